The van der Waals surface area contributed by atoms with E-state index < -0.39 is 6.09 Å². The van der Waals surface area contributed by atoms with Crippen molar-refractivity contribution < 1.29 is 9.53 Å². The summed E-state index contributed by atoms with van der Waals surface area (Å²) in [6.45, 7) is 2.54. The van der Waals surface area contributed by atoms with Gasteiger partial charge in [-0.1, -0.05) is 19.8 Å². The third-order valence-electron chi connectivity index (χ3n) is 1.14. The molecule has 0 rings (SSSR count). The number of nitrogens with zero attached hydrogens (tertiary/aromatic N) is 1. The van der Waals surface area contributed by atoms with Gasteiger partial charge in [-0.25, -0.2) is 4.79 Å². The van der Waals surface area contributed by atoms with Crippen molar-refractivity contribution in [3.05, 3.63) is 0 Å². The minimum absolute atomic E-state index is 0. The van der Waals surface area contributed by atoms with Crippen LogP contribution >= 0.6 is 25.6 Å². The zero-order valence-corrected chi connectivity index (χ0v) is 8.28. The Balaban J connectivity index is 0. The molecule has 0 fully saturated rings. The number of thiol groups is 2. The third kappa shape index (κ3) is 9.69. The quantitative estimate of drug-likeness (QED) is 0.441. The third-order valence-corrected chi connectivity index (χ3v) is 1.46. The zero-order valence-electron chi connectivity index (χ0n) is 6.49. The standard InChI is InChI=1S/C6H13NO2S2.K.H/c1-2-3-4-5-9-6(8)7(10)11;;/h10-11H,2-5H2,1H3;;. The predicted octanol–water partition coefficient (Wildman–Crippen LogP) is 1.66. The molecule has 0 bridgehead atoms. The fraction of sp³-hybridized carbons (Fsp3) is 0.833. The number of unbranched alkanes of at least 4 members (excludes halogenated alkanes) is 2. The molecule has 3 nitrogen and oxygen atoms in total. The summed E-state index contributed by atoms with van der Waals surface area (Å²) in [5, 5.41) is 0. The van der Waals surface area contributed by atoms with Crippen LogP contribution < -0.4 is 0 Å². The van der Waals surface area contributed by atoms with Gasteiger partial charge in [-0.3, -0.25) is 0 Å². The van der Waals surface area contributed by atoms with Crippen molar-refractivity contribution in [2.75, 3.05) is 6.61 Å². The molecule has 0 saturated carbocycles. The van der Waals surface area contributed by atoms with Crippen molar-refractivity contribution in [1.29, 1.82) is 0 Å². The first-order valence-corrected chi connectivity index (χ1v) is 4.33. The van der Waals surface area contributed by atoms with Gasteiger partial charge in [-0.05, 0) is 32.1 Å². The van der Waals surface area contributed by atoms with Gasteiger partial charge in [0, 0.05) is 0 Å². The Morgan fingerprint density at radius 2 is 2.00 bits per heavy atom. The topological polar surface area (TPSA) is 29.5 Å². The number of rotatable bonds is 4. The van der Waals surface area contributed by atoms with Crippen molar-refractivity contribution >= 4 is 83.1 Å². The number of carbonyl (C=O) groups excluding carboxylic acids is 1. The van der Waals surface area contributed by atoms with E-state index in [0.29, 0.717) is 6.61 Å². The van der Waals surface area contributed by atoms with Gasteiger partial charge in [0.2, 0.25) is 0 Å². The van der Waals surface area contributed by atoms with E-state index in [4.69, 9.17) is 4.74 Å². The number of amides is 1. The normalized spacial score (nSPS) is 8.58. The summed E-state index contributed by atoms with van der Waals surface area (Å²) in [5.74, 6) is 0. The molecule has 6 heteroatoms. The zero-order chi connectivity index (χ0) is 8.69. The summed E-state index contributed by atoms with van der Waals surface area (Å²) in [6, 6.07) is 0. The number of carbonyl (C=O) groups is 1. The van der Waals surface area contributed by atoms with Crippen LogP contribution in [0.5, 0.6) is 0 Å². The first-order valence-electron chi connectivity index (χ1n) is 3.53. The van der Waals surface area contributed by atoms with Gasteiger partial charge in [0.05, 0.1) is 6.61 Å². The Kier molecular flexibility index (Phi) is 14.3. The van der Waals surface area contributed by atoms with E-state index in [1.54, 1.807) is 0 Å². The van der Waals surface area contributed by atoms with E-state index in [1.165, 1.54) is 0 Å². The molecule has 0 atom stereocenters. The average molecular weight is 235 g/mol. The van der Waals surface area contributed by atoms with E-state index >= 15 is 0 Å². The molecule has 0 radical (unpaired) electrons. The summed E-state index contributed by atoms with van der Waals surface area (Å²) in [5.41, 5.74) is 0. The van der Waals surface area contributed by atoms with E-state index in [0.717, 1.165) is 23.0 Å². The average Bonchev–Trinajstić information content (AvgIpc) is 1.97. The Bertz CT molecular complexity index is 124. The maximum absolute atomic E-state index is 10.7. The molecule has 0 aliphatic heterocycles. The molecule has 0 aliphatic carbocycles. The van der Waals surface area contributed by atoms with Crippen LogP contribution in [0.4, 0.5) is 4.79 Å². The SMILES string of the molecule is CCCCCOC(=O)N(S)S.[KH]. The molecule has 1 amide bonds. The number of hydrogen-bond acceptors (Lipinski definition) is 4. The van der Waals surface area contributed by atoms with Crippen molar-refractivity contribution in [2.24, 2.45) is 0 Å². The molecule has 0 saturated heterocycles. The fourth-order valence-corrected chi connectivity index (χ4v) is 0.685. The van der Waals surface area contributed by atoms with Crippen LogP contribution in [0.1, 0.15) is 26.2 Å². The predicted molar refractivity (Wildman–Crippen MR) is 57.8 cm³/mol. The maximum atomic E-state index is 10.7. The molecular weight excluding hydrogens is 221 g/mol. The molecule has 0 spiro atoms. The Labute approximate surface area is 127 Å². The van der Waals surface area contributed by atoms with E-state index in [9.17, 15) is 4.79 Å². The van der Waals surface area contributed by atoms with Crippen LogP contribution in [0.25, 0.3) is 0 Å². The summed E-state index contributed by atoms with van der Waals surface area (Å²) < 4.78 is 5.57. The van der Waals surface area contributed by atoms with Crippen LogP contribution in [0.15, 0.2) is 0 Å². The second-order valence-corrected chi connectivity index (χ2v) is 3.23. The summed E-state index contributed by atoms with van der Waals surface area (Å²) in [6.07, 6.45) is 2.57. The van der Waals surface area contributed by atoms with Crippen LogP contribution in [-0.4, -0.2) is 67.8 Å². The Morgan fingerprint density at radius 1 is 1.42 bits per heavy atom. The van der Waals surface area contributed by atoms with E-state index in [-0.39, 0.29) is 51.4 Å². The molecular formula is C6H14KNO2S2. The van der Waals surface area contributed by atoms with Crippen molar-refractivity contribution in [3.63, 3.8) is 0 Å². The molecule has 0 aromatic heterocycles. The van der Waals surface area contributed by atoms with Crippen LogP contribution in [0.3, 0.4) is 0 Å². The number of hydrogen-bond donors (Lipinski definition) is 2. The first-order chi connectivity index (χ1) is 5.18. The molecule has 0 aliphatic rings. The van der Waals surface area contributed by atoms with Gasteiger partial charge in [-0.15, -0.1) is 0 Å². The van der Waals surface area contributed by atoms with Crippen molar-refractivity contribution in [1.82, 2.24) is 3.71 Å². The minimum atomic E-state index is -0.521. The Hall–Kier alpha value is 1.61. The van der Waals surface area contributed by atoms with Crippen molar-refractivity contribution in [3.8, 4) is 0 Å². The van der Waals surface area contributed by atoms with Gasteiger partial charge in [-0.2, -0.15) is 3.71 Å². The summed E-state index contributed by atoms with van der Waals surface area (Å²) in [4.78, 5) is 10.7. The fourth-order valence-electron chi connectivity index (χ4n) is 0.569. The second-order valence-electron chi connectivity index (χ2n) is 2.11. The van der Waals surface area contributed by atoms with Gasteiger partial charge in [0.15, 0.2) is 0 Å². The van der Waals surface area contributed by atoms with Gasteiger partial charge >= 0.3 is 57.5 Å². The van der Waals surface area contributed by atoms with E-state index in [1.807, 2.05) is 0 Å². The molecule has 0 aromatic carbocycles. The molecule has 0 N–H and O–H groups in total. The second kappa shape index (κ2) is 10.7. The Morgan fingerprint density at radius 3 is 2.42 bits per heavy atom. The number of ether oxygens (including phenoxy) is 1. The van der Waals surface area contributed by atoms with Gasteiger partial charge < -0.3 is 4.74 Å². The van der Waals surface area contributed by atoms with E-state index in [2.05, 4.69) is 32.6 Å². The monoisotopic (exact) mass is 235 g/mol. The van der Waals surface area contributed by atoms with Gasteiger partial charge in [0.1, 0.15) is 0 Å². The van der Waals surface area contributed by atoms with Crippen molar-refractivity contribution in [2.45, 2.75) is 26.2 Å². The molecule has 0 unspecified atom stereocenters. The molecule has 0 heterocycles. The summed E-state index contributed by atoms with van der Waals surface area (Å²) in [7, 11) is 0. The molecule has 0 aromatic rings. The van der Waals surface area contributed by atoms with Crippen LogP contribution in [0.2, 0.25) is 0 Å². The summed E-state index contributed by atoms with van der Waals surface area (Å²) >= 11 is 7.28. The van der Waals surface area contributed by atoms with Gasteiger partial charge in [0.25, 0.3) is 0 Å². The van der Waals surface area contributed by atoms with Crippen LogP contribution in [0, 0.1) is 0 Å². The molecule has 68 valence electrons. The molecule has 12 heavy (non-hydrogen) atoms. The van der Waals surface area contributed by atoms with Crippen LogP contribution in [-0.2, 0) is 4.74 Å². The first kappa shape index (κ1) is 16.1.